The Morgan fingerprint density at radius 1 is 1.59 bits per heavy atom. The molecule has 0 saturated heterocycles. The highest BCUT2D eigenvalue weighted by atomic mass is 16.5. The van der Waals surface area contributed by atoms with E-state index >= 15 is 0 Å². The predicted molar refractivity (Wildman–Crippen MR) is 65.4 cm³/mol. The molecule has 1 N–H and O–H groups in total. The lowest BCUT2D eigenvalue weighted by atomic mass is 10.4. The SMILES string of the molecule is COc1nc(C)cc(=O)n1CCCNC1CC1. The van der Waals surface area contributed by atoms with Crippen LogP contribution in [-0.4, -0.2) is 29.2 Å². The molecule has 0 amide bonds. The van der Waals surface area contributed by atoms with Crippen LogP contribution in [0.3, 0.4) is 0 Å². The number of nitrogens with one attached hydrogen (secondary N) is 1. The molecule has 0 radical (unpaired) electrons. The van der Waals surface area contributed by atoms with Crippen molar-refractivity contribution in [3.05, 3.63) is 22.1 Å². The summed E-state index contributed by atoms with van der Waals surface area (Å²) in [5.41, 5.74) is 0.653. The average molecular weight is 237 g/mol. The first-order chi connectivity index (χ1) is 8.20. The van der Waals surface area contributed by atoms with E-state index in [9.17, 15) is 4.79 Å². The van der Waals surface area contributed by atoms with Crippen molar-refractivity contribution < 1.29 is 4.74 Å². The van der Waals surface area contributed by atoms with E-state index in [-0.39, 0.29) is 5.56 Å². The maximum absolute atomic E-state index is 11.8. The van der Waals surface area contributed by atoms with Crippen LogP contribution >= 0.6 is 0 Å². The van der Waals surface area contributed by atoms with Gasteiger partial charge in [-0.05, 0) is 32.7 Å². The summed E-state index contributed by atoms with van der Waals surface area (Å²) in [6, 6.07) is 2.66. The van der Waals surface area contributed by atoms with Gasteiger partial charge in [-0.25, -0.2) is 4.98 Å². The van der Waals surface area contributed by atoms with Crippen LogP contribution in [0.5, 0.6) is 6.01 Å². The van der Waals surface area contributed by atoms with Crippen LogP contribution in [0.1, 0.15) is 25.0 Å². The molecule has 5 nitrogen and oxygen atoms in total. The van der Waals surface area contributed by atoms with Crippen LogP contribution in [0, 0.1) is 6.92 Å². The first kappa shape index (κ1) is 12.1. The molecule has 0 spiro atoms. The molecule has 17 heavy (non-hydrogen) atoms. The summed E-state index contributed by atoms with van der Waals surface area (Å²) in [4.78, 5) is 16.0. The number of aromatic nitrogens is 2. The van der Waals surface area contributed by atoms with Crippen molar-refractivity contribution in [2.24, 2.45) is 0 Å². The molecule has 1 saturated carbocycles. The molecule has 5 heteroatoms. The van der Waals surface area contributed by atoms with Crippen molar-refractivity contribution in [3.8, 4) is 6.01 Å². The van der Waals surface area contributed by atoms with Crippen LogP contribution in [-0.2, 0) is 6.54 Å². The van der Waals surface area contributed by atoms with Crippen LogP contribution in [0.25, 0.3) is 0 Å². The zero-order valence-corrected chi connectivity index (χ0v) is 10.4. The van der Waals surface area contributed by atoms with Crippen LogP contribution in [0.4, 0.5) is 0 Å². The Morgan fingerprint density at radius 2 is 2.35 bits per heavy atom. The predicted octanol–water partition coefficient (Wildman–Crippen LogP) is 0.702. The minimum absolute atomic E-state index is 0.0410. The summed E-state index contributed by atoms with van der Waals surface area (Å²) in [5, 5.41) is 3.42. The second-order valence-corrected chi connectivity index (χ2v) is 4.46. The lowest BCUT2D eigenvalue weighted by molar-refractivity contribution is 0.341. The third kappa shape index (κ3) is 3.30. The molecule has 94 valence electrons. The second kappa shape index (κ2) is 5.31. The van der Waals surface area contributed by atoms with E-state index in [2.05, 4.69) is 10.3 Å². The summed E-state index contributed by atoms with van der Waals surface area (Å²) in [7, 11) is 1.54. The Hall–Kier alpha value is -1.36. The smallest absolute Gasteiger partial charge is 0.299 e. The van der Waals surface area contributed by atoms with Gasteiger partial charge < -0.3 is 10.1 Å². The number of hydrogen-bond donors (Lipinski definition) is 1. The molecule has 0 aromatic carbocycles. The van der Waals surface area contributed by atoms with Crippen LogP contribution < -0.4 is 15.6 Å². The quantitative estimate of drug-likeness (QED) is 0.740. The van der Waals surface area contributed by atoms with Gasteiger partial charge in [0.15, 0.2) is 0 Å². The summed E-state index contributed by atoms with van der Waals surface area (Å²) >= 11 is 0. The maximum Gasteiger partial charge on any atom is 0.299 e. The average Bonchev–Trinajstić information content (AvgIpc) is 3.09. The molecule has 1 aromatic rings. The summed E-state index contributed by atoms with van der Waals surface area (Å²) in [6.07, 6.45) is 3.49. The van der Waals surface area contributed by atoms with Gasteiger partial charge in [0.2, 0.25) is 0 Å². The van der Waals surface area contributed by atoms with E-state index < -0.39 is 0 Å². The van der Waals surface area contributed by atoms with E-state index in [4.69, 9.17) is 4.74 Å². The summed E-state index contributed by atoms with van der Waals surface area (Å²) < 4.78 is 6.71. The highest BCUT2D eigenvalue weighted by Crippen LogP contribution is 2.18. The van der Waals surface area contributed by atoms with Crippen molar-refractivity contribution >= 4 is 0 Å². The molecule has 1 heterocycles. The Bertz CT molecular complexity index is 438. The fourth-order valence-electron chi connectivity index (χ4n) is 1.79. The molecular formula is C12H19N3O2. The van der Waals surface area contributed by atoms with Crippen molar-refractivity contribution in [1.82, 2.24) is 14.9 Å². The number of aryl methyl sites for hydroxylation is 1. The highest BCUT2D eigenvalue weighted by molar-refractivity contribution is 5.06. The highest BCUT2D eigenvalue weighted by Gasteiger charge is 2.19. The van der Waals surface area contributed by atoms with Gasteiger partial charge in [-0.1, -0.05) is 0 Å². The molecule has 0 atom stereocenters. The van der Waals surface area contributed by atoms with Gasteiger partial charge in [-0.2, -0.15) is 0 Å². The largest absolute Gasteiger partial charge is 0.468 e. The van der Waals surface area contributed by atoms with E-state index in [1.54, 1.807) is 18.6 Å². The normalized spacial score (nSPS) is 14.9. The monoisotopic (exact) mass is 237 g/mol. The van der Waals surface area contributed by atoms with Crippen molar-refractivity contribution in [2.45, 2.75) is 38.8 Å². The molecule has 1 fully saturated rings. The maximum atomic E-state index is 11.8. The molecule has 1 aliphatic rings. The minimum atomic E-state index is -0.0410. The molecule has 2 rings (SSSR count). The molecule has 1 aromatic heterocycles. The molecule has 0 bridgehead atoms. The van der Waals surface area contributed by atoms with Gasteiger partial charge in [0.05, 0.1) is 7.11 Å². The third-order valence-corrected chi connectivity index (χ3v) is 2.85. The summed E-state index contributed by atoms with van der Waals surface area (Å²) in [6.45, 7) is 3.38. The van der Waals surface area contributed by atoms with E-state index in [0.29, 0.717) is 24.3 Å². The van der Waals surface area contributed by atoms with Gasteiger partial charge in [-0.3, -0.25) is 9.36 Å². The lowest BCUT2D eigenvalue weighted by Gasteiger charge is -2.10. The standard InChI is InChI=1S/C12H19N3O2/c1-9-8-11(16)15(12(14-9)17-2)7-3-6-13-10-4-5-10/h8,10,13H,3-7H2,1-2H3. The number of methoxy groups -OCH3 is 1. The fraction of sp³-hybridized carbons (Fsp3) is 0.667. The number of rotatable bonds is 6. The third-order valence-electron chi connectivity index (χ3n) is 2.85. The van der Waals surface area contributed by atoms with Gasteiger partial charge in [-0.15, -0.1) is 0 Å². The Kier molecular flexibility index (Phi) is 3.78. The Morgan fingerprint density at radius 3 is 3.00 bits per heavy atom. The van der Waals surface area contributed by atoms with Crippen molar-refractivity contribution in [2.75, 3.05) is 13.7 Å². The van der Waals surface area contributed by atoms with Gasteiger partial charge in [0.25, 0.3) is 11.6 Å². The van der Waals surface area contributed by atoms with Crippen molar-refractivity contribution in [1.29, 1.82) is 0 Å². The number of ether oxygens (including phenoxy) is 1. The van der Waals surface area contributed by atoms with E-state index in [1.165, 1.54) is 18.9 Å². The first-order valence-corrected chi connectivity index (χ1v) is 6.06. The topological polar surface area (TPSA) is 56.1 Å². The Balaban J connectivity index is 1.95. The number of hydrogen-bond acceptors (Lipinski definition) is 4. The zero-order valence-electron chi connectivity index (χ0n) is 10.4. The van der Waals surface area contributed by atoms with Crippen molar-refractivity contribution in [3.63, 3.8) is 0 Å². The Labute approximate surface area is 101 Å². The van der Waals surface area contributed by atoms with Crippen LogP contribution in [0.15, 0.2) is 10.9 Å². The lowest BCUT2D eigenvalue weighted by Crippen LogP contribution is -2.25. The first-order valence-electron chi connectivity index (χ1n) is 6.06. The van der Waals surface area contributed by atoms with Crippen LogP contribution in [0.2, 0.25) is 0 Å². The zero-order chi connectivity index (χ0) is 12.3. The second-order valence-electron chi connectivity index (χ2n) is 4.46. The summed E-state index contributed by atoms with van der Waals surface area (Å²) in [5.74, 6) is 0. The van der Waals surface area contributed by atoms with E-state index in [1.807, 2.05) is 0 Å². The molecule has 0 unspecified atom stereocenters. The van der Waals surface area contributed by atoms with Gasteiger partial charge >= 0.3 is 0 Å². The van der Waals surface area contributed by atoms with Gasteiger partial charge in [0.1, 0.15) is 0 Å². The molecule has 1 aliphatic carbocycles. The molecular weight excluding hydrogens is 218 g/mol. The molecule has 0 aliphatic heterocycles. The fourth-order valence-corrected chi connectivity index (χ4v) is 1.79. The minimum Gasteiger partial charge on any atom is -0.468 e. The van der Waals surface area contributed by atoms with E-state index in [0.717, 1.165) is 13.0 Å². The number of nitrogens with zero attached hydrogens (tertiary/aromatic N) is 2. The van der Waals surface area contributed by atoms with Gasteiger partial charge in [0, 0.05) is 24.3 Å².